The molecule has 3 nitrogen and oxygen atoms in total. The normalized spacial score (nSPS) is 22.7. The van der Waals surface area contributed by atoms with E-state index >= 15 is 0 Å². The van der Waals surface area contributed by atoms with Crippen LogP contribution in [0.15, 0.2) is 24.3 Å². The van der Waals surface area contributed by atoms with E-state index in [0.29, 0.717) is 13.2 Å². The number of hydrogen-bond acceptors (Lipinski definition) is 3. The Kier molecular flexibility index (Phi) is 4.85. The number of morpholine rings is 1. The molecule has 0 aromatic heterocycles. The first-order valence-electron chi connectivity index (χ1n) is 6.55. The summed E-state index contributed by atoms with van der Waals surface area (Å²) in [6.45, 7) is 4.83. The van der Waals surface area contributed by atoms with E-state index in [0.717, 1.165) is 18.7 Å². The van der Waals surface area contributed by atoms with Gasteiger partial charge in [0.25, 0.3) is 6.43 Å². The Morgan fingerprint density at radius 2 is 1.95 bits per heavy atom. The van der Waals surface area contributed by atoms with Gasteiger partial charge in [-0.1, -0.05) is 24.3 Å². The second-order valence-electron chi connectivity index (χ2n) is 4.90. The van der Waals surface area contributed by atoms with Crippen LogP contribution in [0.1, 0.15) is 30.5 Å². The van der Waals surface area contributed by atoms with Crippen LogP contribution in [-0.4, -0.2) is 37.2 Å². The lowest BCUT2D eigenvalue weighted by Gasteiger charge is -2.37. The molecule has 1 aromatic carbocycles. The Hall–Kier alpha value is -1.04. The van der Waals surface area contributed by atoms with Gasteiger partial charge in [0.15, 0.2) is 0 Å². The molecule has 2 rings (SSSR count). The lowest BCUT2D eigenvalue weighted by Crippen LogP contribution is -2.45. The zero-order chi connectivity index (χ0) is 13.8. The molecule has 0 saturated carbocycles. The van der Waals surface area contributed by atoms with Crippen LogP contribution < -0.4 is 5.73 Å². The van der Waals surface area contributed by atoms with Gasteiger partial charge in [0.2, 0.25) is 0 Å². The first kappa shape index (κ1) is 14.4. The van der Waals surface area contributed by atoms with E-state index in [4.69, 9.17) is 10.5 Å². The van der Waals surface area contributed by atoms with Crippen molar-refractivity contribution in [3.63, 3.8) is 0 Å². The quantitative estimate of drug-likeness (QED) is 0.912. The molecule has 0 bridgehead atoms. The highest BCUT2D eigenvalue weighted by Gasteiger charge is 2.24. The Labute approximate surface area is 112 Å². The summed E-state index contributed by atoms with van der Waals surface area (Å²) in [6.07, 6.45) is -2.24. The fraction of sp³-hybridized carbons (Fsp3) is 0.571. The van der Waals surface area contributed by atoms with Crippen molar-refractivity contribution >= 4 is 0 Å². The molecule has 1 aromatic rings. The zero-order valence-electron chi connectivity index (χ0n) is 11.1. The number of alkyl halides is 2. The number of ether oxygens (including phenoxy) is 1. The largest absolute Gasteiger partial charge is 0.376 e. The molecule has 2 atom stereocenters. The number of hydrogen-bond donors (Lipinski definition) is 1. The van der Waals surface area contributed by atoms with Crippen molar-refractivity contribution in [3.8, 4) is 0 Å². The monoisotopic (exact) mass is 270 g/mol. The van der Waals surface area contributed by atoms with Crippen molar-refractivity contribution in [2.45, 2.75) is 25.5 Å². The smallest absolute Gasteiger partial charge is 0.263 e. The molecule has 0 aliphatic carbocycles. The number of nitrogens with zero attached hydrogens (tertiary/aromatic N) is 1. The summed E-state index contributed by atoms with van der Waals surface area (Å²) < 4.78 is 30.6. The third-order valence-corrected chi connectivity index (χ3v) is 3.51. The van der Waals surface area contributed by atoms with Gasteiger partial charge in [-0.3, -0.25) is 4.90 Å². The van der Waals surface area contributed by atoms with E-state index in [1.807, 2.05) is 6.92 Å². The third-order valence-electron chi connectivity index (χ3n) is 3.51. The second-order valence-corrected chi connectivity index (χ2v) is 4.90. The van der Waals surface area contributed by atoms with Crippen LogP contribution in [0.4, 0.5) is 8.78 Å². The first-order chi connectivity index (χ1) is 9.11. The molecule has 1 aliphatic rings. The maximum atomic E-state index is 12.5. The molecule has 1 fully saturated rings. The SMILES string of the molecule is CC1CN(C(CN)c2ccc(C(F)F)cc2)CCO1. The third kappa shape index (κ3) is 3.49. The molecule has 2 unspecified atom stereocenters. The second kappa shape index (κ2) is 6.41. The maximum absolute atomic E-state index is 12.5. The van der Waals surface area contributed by atoms with Crippen LogP contribution in [0.3, 0.4) is 0 Å². The molecule has 0 radical (unpaired) electrons. The van der Waals surface area contributed by atoms with E-state index in [-0.39, 0.29) is 17.7 Å². The number of rotatable bonds is 4. The molecule has 0 amide bonds. The minimum atomic E-state index is -2.42. The Balaban J connectivity index is 2.12. The van der Waals surface area contributed by atoms with Crippen LogP contribution in [-0.2, 0) is 4.74 Å². The molecular formula is C14H20F2N2O. The van der Waals surface area contributed by atoms with Crippen molar-refractivity contribution in [1.29, 1.82) is 0 Å². The van der Waals surface area contributed by atoms with Crippen molar-refractivity contribution in [2.75, 3.05) is 26.2 Å². The Morgan fingerprint density at radius 1 is 1.32 bits per heavy atom. The summed E-state index contributed by atoms with van der Waals surface area (Å²) in [7, 11) is 0. The topological polar surface area (TPSA) is 38.5 Å². The predicted octanol–water partition coefficient (Wildman–Crippen LogP) is 2.34. The van der Waals surface area contributed by atoms with Crippen LogP contribution in [0.2, 0.25) is 0 Å². The van der Waals surface area contributed by atoms with Crippen LogP contribution in [0, 0.1) is 0 Å². The fourth-order valence-corrected chi connectivity index (χ4v) is 2.49. The zero-order valence-corrected chi connectivity index (χ0v) is 11.1. The highest BCUT2D eigenvalue weighted by molar-refractivity contribution is 5.26. The van der Waals surface area contributed by atoms with Crippen LogP contribution in [0.25, 0.3) is 0 Å². The van der Waals surface area contributed by atoms with Crippen LogP contribution >= 0.6 is 0 Å². The van der Waals surface area contributed by atoms with E-state index < -0.39 is 6.43 Å². The first-order valence-corrected chi connectivity index (χ1v) is 6.55. The highest BCUT2D eigenvalue weighted by Crippen LogP contribution is 2.25. The van der Waals surface area contributed by atoms with Gasteiger partial charge in [-0.05, 0) is 12.5 Å². The van der Waals surface area contributed by atoms with Gasteiger partial charge in [0, 0.05) is 31.2 Å². The fourth-order valence-electron chi connectivity index (χ4n) is 2.49. The van der Waals surface area contributed by atoms with E-state index in [1.54, 1.807) is 12.1 Å². The van der Waals surface area contributed by atoms with Gasteiger partial charge in [0.1, 0.15) is 0 Å². The molecule has 5 heteroatoms. The van der Waals surface area contributed by atoms with Crippen molar-refractivity contribution < 1.29 is 13.5 Å². The summed E-state index contributed by atoms with van der Waals surface area (Å²) >= 11 is 0. The highest BCUT2D eigenvalue weighted by atomic mass is 19.3. The van der Waals surface area contributed by atoms with E-state index in [1.165, 1.54) is 12.1 Å². The molecule has 0 spiro atoms. The molecular weight excluding hydrogens is 250 g/mol. The average molecular weight is 270 g/mol. The molecule has 2 N–H and O–H groups in total. The van der Waals surface area contributed by atoms with Gasteiger partial charge in [-0.15, -0.1) is 0 Å². The van der Waals surface area contributed by atoms with Crippen LogP contribution in [0.5, 0.6) is 0 Å². The Bertz CT molecular complexity index is 397. The molecule has 1 aliphatic heterocycles. The minimum absolute atomic E-state index is 0.0508. The molecule has 19 heavy (non-hydrogen) atoms. The average Bonchev–Trinajstić information content (AvgIpc) is 2.40. The molecule has 1 saturated heterocycles. The van der Waals surface area contributed by atoms with Gasteiger partial charge >= 0.3 is 0 Å². The number of benzene rings is 1. The van der Waals surface area contributed by atoms with Gasteiger partial charge in [0.05, 0.1) is 12.7 Å². The maximum Gasteiger partial charge on any atom is 0.263 e. The summed E-state index contributed by atoms with van der Waals surface area (Å²) in [4.78, 5) is 2.26. The lowest BCUT2D eigenvalue weighted by molar-refractivity contribution is -0.0333. The van der Waals surface area contributed by atoms with Crippen molar-refractivity contribution in [1.82, 2.24) is 4.90 Å². The Morgan fingerprint density at radius 3 is 2.47 bits per heavy atom. The summed E-state index contributed by atoms with van der Waals surface area (Å²) in [5, 5.41) is 0. The van der Waals surface area contributed by atoms with Gasteiger partial charge < -0.3 is 10.5 Å². The van der Waals surface area contributed by atoms with E-state index in [9.17, 15) is 8.78 Å². The molecule has 1 heterocycles. The summed E-state index contributed by atoms with van der Waals surface area (Å²) in [6, 6.07) is 6.52. The molecule has 106 valence electrons. The van der Waals surface area contributed by atoms with Gasteiger partial charge in [-0.25, -0.2) is 8.78 Å². The van der Waals surface area contributed by atoms with Gasteiger partial charge in [-0.2, -0.15) is 0 Å². The number of halogens is 2. The van der Waals surface area contributed by atoms with Crippen molar-refractivity contribution in [3.05, 3.63) is 35.4 Å². The number of nitrogens with two attached hydrogens (primary N) is 1. The lowest BCUT2D eigenvalue weighted by atomic mass is 10.0. The summed E-state index contributed by atoms with van der Waals surface area (Å²) in [5.41, 5.74) is 6.89. The van der Waals surface area contributed by atoms with E-state index in [2.05, 4.69) is 4.90 Å². The standard InChI is InChI=1S/C14H20F2N2O/c1-10-9-18(6-7-19-10)13(8-17)11-2-4-12(5-3-11)14(15)16/h2-5,10,13-14H,6-9,17H2,1H3. The predicted molar refractivity (Wildman–Crippen MR) is 70.2 cm³/mol. The van der Waals surface area contributed by atoms with Crippen molar-refractivity contribution in [2.24, 2.45) is 5.73 Å². The minimum Gasteiger partial charge on any atom is -0.376 e. The summed E-state index contributed by atoms with van der Waals surface area (Å²) in [5.74, 6) is 0.